The highest BCUT2D eigenvalue weighted by atomic mass is 35.5. The molecule has 1 N–H and O–H groups in total. The zero-order chi connectivity index (χ0) is 22.2. The van der Waals surface area contributed by atoms with E-state index in [0.29, 0.717) is 18.0 Å². The van der Waals surface area contributed by atoms with Crippen molar-refractivity contribution in [2.75, 3.05) is 13.2 Å². The lowest BCUT2D eigenvalue weighted by atomic mass is 10.0. The predicted molar refractivity (Wildman–Crippen MR) is 130 cm³/mol. The van der Waals surface area contributed by atoms with Crippen molar-refractivity contribution in [1.82, 2.24) is 9.88 Å². The summed E-state index contributed by atoms with van der Waals surface area (Å²) in [5.41, 5.74) is 3.64. The Morgan fingerprint density at radius 1 is 1.31 bits per heavy atom. The van der Waals surface area contributed by atoms with E-state index in [1.807, 2.05) is 29.7 Å². The number of hydrogen-bond acceptors (Lipinski definition) is 5. The number of rotatable bonds is 4. The summed E-state index contributed by atoms with van der Waals surface area (Å²) < 4.78 is 7.68. The molecule has 2 aromatic heterocycles. The average molecular weight is 487 g/mol. The number of nitrogens with one attached hydrogen (secondary N) is 1. The van der Waals surface area contributed by atoms with Crippen LogP contribution in [0.15, 0.2) is 50.8 Å². The van der Waals surface area contributed by atoms with Gasteiger partial charge >= 0.3 is 0 Å². The maximum Gasteiger partial charge on any atom is 0.257 e. The predicted octanol–water partition coefficient (Wildman–Crippen LogP) is 5.16. The van der Waals surface area contributed by atoms with Crippen LogP contribution in [-0.4, -0.2) is 29.7 Å². The van der Waals surface area contributed by atoms with Crippen LogP contribution in [0.25, 0.3) is 5.69 Å². The van der Waals surface area contributed by atoms with Gasteiger partial charge in [-0.1, -0.05) is 11.6 Å². The maximum atomic E-state index is 13.3. The SMILES string of the molecule is Cc1cc(=O)c(C(=O)NCC2CCCO2)c2n1-c1ccc(Cl)cc1SC(c1ccsc1)C2. The minimum Gasteiger partial charge on any atom is -0.376 e. The molecule has 166 valence electrons. The van der Waals surface area contributed by atoms with Crippen molar-refractivity contribution >= 4 is 40.6 Å². The molecule has 5 nitrogen and oxygen atoms in total. The van der Waals surface area contributed by atoms with Crippen LogP contribution in [0.1, 0.15) is 45.4 Å². The van der Waals surface area contributed by atoms with Crippen molar-refractivity contribution < 1.29 is 9.53 Å². The first-order valence-corrected chi connectivity index (χ1v) is 12.9. The number of thiophene rings is 1. The summed E-state index contributed by atoms with van der Waals surface area (Å²) in [6, 6.07) is 9.44. The molecule has 0 saturated carbocycles. The molecule has 1 aromatic carbocycles. The van der Waals surface area contributed by atoms with Crippen LogP contribution in [0.4, 0.5) is 0 Å². The zero-order valence-corrected chi connectivity index (χ0v) is 20.0. The summed E-state index contributed by atoms with van der Waals surface area (Å²) >= 11 is 9.70. The van der Waals surface area contributed by atoms with Gasteiger partial charge < -0.3 is 14.6 Å². The minimum atomic E-state index is -0.333. The highest BCUT2D eigenvalue weighted by Crippen LogP contribution is 2.45. The van der Waals surface area contributed by atoms with E-state index in [1.165, 1.54) is 5.56 Å². The largest absolute Gasteiger partial charge is 0.376 e. The van der Waals surface area contributed by atoms with E-state index in [4.69, 9.17) is 16.3 Å². The van der Waals surface area contributed by atoms with Gasteiger partial charge in [-0.2, -0.15) is 11.3 Å². The Balaban J connectivity index is 1.63. The fourth-order valence-electron chi connectivity index (χ4n) is 4.45. The Morgan fingerprint density at radius 2 is 2.19 bits per heavy atom. The fraction of sp³-hybridized carbons (Fsp3) is 0.333. The molecule has 32 heavy (non-hydrogen) atoms. The lowest BCUT2D eigenvalue weighted by Gasteiger charge is -2.20. The van der Waals surface area contributed by atoms with Crippen molar-refractivity contribution in [3.8, 4) is 5.69 Å². The number of carbonyl (C=O) groups is 1. The number of thioether (sulfide) groups is 1. The van der Waals surface area contributed by atoms with Crippen LogP contribution in [0.3, 0.4) is 0 Å². The molecule has 1 saturated heterocycles. The van der Waals surface area contributed by atoms with Crippen molar-refractivity contribution in [1.29, 1.82) is 0 Å². The second-order valence-electron chi connectivity index (χ2n) is 8.13. The van der Waals surface area contributed by atoms with Crippen molar-refractivity contribution in [3.63, 3.8) is 0 Å². The number of carbonyl (C=O) groups excluding carboxylic acids is 1. The van der Waals surface area contributed by atoms with Gasteiger partial charge in [-0.25, -0.2) is 0 Å². The van der Waals surface area contributed by atoms with Gasteiger partial charge in [0.25, 0.3) is 5.91 Å². The number of aromatic nitrogens is 1. The van der Waals surface area contributed by atoms with E-state index in [-0.39, 0.29) is 28.3 Å². The molecule has 0 spiro atoms. The molecular formula is C24H23ClN2O3S2. The van der Waals surface area contributed by atoms with Gasteiger partial charge in [0, 0.05) is 52.2 Å². The van der Waals surface area contributed by atoms with Crippen LogP contribution in [-0.2, 0) is 11.2 Å². The van der Waals surface area contributed by atoms with Gasteiger partial charge in [-0.05, 0) is 60.4 Å². The molecule has 1 fully saturated rings. The third kappa shape index (κ3) is 4.15. The van der Waals surface area contributed by atoms with Crippen molar-refractivity contribution in [2.24, 2.45) is 0 Å². The molecule has 1 amide bonds. The summed E-state index contributed by atoms with van der Waals surface area (Å²) in [4.78, 5) is 27.4. The second-order valence-corrected chi connectivity index (χ2v) is 10.6. The van der Waals surface area contributed by atoms with Gasteiger partial charge in [0.2, 0.25) is 0 Å². The summed E-state index contributed by atoms with van der Waals surface area (Å²) in [5.74, 6) is -0.333. The van der Waals surface area contributed by atoms with Gasteiger partial charge in [0.1, 0.15) is 5.56 Å². The lowest BCUT2D eigenvalue weighted by Crippen LogP contribution is -2.36. The van der Waals surface area contributed by atoms with E-state index in [1.54, 1.807) is 29.2 Å². The second kappa shape index (κ2) is 9.06. The highest BCUT2D eigenvalue weighted by molar-refractivity contribution is 7.99. The quantitative estimate of drug-likeness (QED) is 0.553. The number of pyridine rings is 1. The van der Waals surface area contributed by atoms with E-state index in [2.05, 4.69) is 22.1 Å². The number of benzene rings is 1. The molecule has 3 aromatic rings. The smallest absolute Gasteiger partial charge is 0.257 e. The number of nitrogens with zero attached hydrogens (tertiary/aromatic N) is 1. The van der Waals surface area contributed by atoms with Gasteiger partial charge in [0.15, 0.2) is 5.43 Å². The molecule has 2 aliphatic rings. The summed E-state index contributed by atoms with van der Waals surface area (Å²) in [6.07, 6.45) is 2.51. The van der Waals surface area contributed by atoms with Gasteiger partial charge in [0.05, 0.1) is 11.8 Å². The summed E-state index contributed by atoms with van der Waals surface area (Å²) in [7, 11) is 0. The van der Waals surface area contributed by atoms with Crippen LogP contribution in [0.5, 0.6) is 0 Å². The maximum absolute atomic E-state index is 13.3. The molecule has 8 heteroatoms. The van der Waals surface area contributed by atoms with Gasteiger partial charge in [-0.15, -0.1) is 11.8 Å². The summed E-state index contributed by atoms with van der Waals surface area (Å²) in [6.45, 7) is 3.05. The Kier molecular flexibility index (Phi) is 6.16. The van der Waals surface area contributed by atoms with Crippen LogP contribution < -0.4 is 10.7 Å². The topological polar surface area (TPSA) is 60.3 Å². The monoisotopic (exact) mass is 486 g/mol. The number of fused-ring (bicyclic) bond motifs is 3. The molecule has 4 heterocycles. The molecule has 2 aliphatic heterocycles. The zero-order valence-electron chi connectivity index (χ0n) is 17.6. The number of halogens is 1. The third-order valence-corrected chi connectivity index (χ3v) is 8.21. The van der Waals surface area contributed by atoms with Crippen molar-refractivity contribution in [3.05, 3.63) is 78.9 Å². The molecule has 0 aliphatic carbocycles. The minimum absolute atomic E-state index is 0.0164. The number of ether oxygens (including phenoxy) is 1. The normalized spacial score (nSPS) is 19.8. The summed E-state index contributed by atoms with van der Waals surface area (Å²) in [5, 5.41) is 7.86. The fourth-order valence-corrected chi connectivity index (χ4v) is 6.79. The highest BCUT2D eigenvalue weighted by Gasteiger charge is 2.30. The molecule has 5 rings (SSSR count). The van der Waals surface area contributed by atoms with Crippen LogP contribution in [0.2, 0.25) is 5.02 Å². The standard InChI is InChI=1S/C24H23ClN2O3S2/c1-14-9-20(28)23(24(29)26-12-17-3-2-7-30-17)19-11-21(15-6-8-31-13-15)32-22-10-16(25)4-5-18(22)27(14)19/h4-6,8-10,13,17,21H,2-3,7,11-12H2,1H3,(H,26,29). The first kappa shape index (κ1) is 21.8. The Morgan fingerprint density at radius 3 is 2.94 bits per heavy atom. The Bertz CT molecular complexity index is 1220. The van der Waals surface area contributed by atoms with Crippen LogP contribution >= 0.6 is 34.7 Å². The number of hydrogen-bond donors (Lipinski definition) is 1. The van der Waals surface area contributed by atoms with Crippen LogP contribution in [0, 0.1) is 6.92 Å². The van der Waals surface area contributed by atoms with Gasteiger partial charge in [-0.3, -0.25) is 9.59 Å². The lowest BCUT2D eigenvalue weighted by molar-refractivity contribution is 0.0855. The van der Waals surface area contributed by atoms with E-state index < -0.39 is 0 Å². The third-order valence-electron chi connectivity index (χ3n) is 5.96. The number of aryl methyl sites for hydroxylation is 1. The van der Waals surface area contributed by atoms with E-state index in [9.17, 15) is 9.59 Å². The number of amides is 1. The Labute approximate surface area is 199 Å². The van der Waals surface area contributed by atoms with Crippen molar-refractivity contribution in [2.45, 2.75) is 42.4 Å². The van der Waals surface area contributed by atoms with E-state index >= 15 is 0 Å². The molecule has 0 bridgehead atoms. The molecular weight excluding hydrogens is 464 g/mol. The molecule has 2 unspecified atom stereocenters. The Hall–Kier alpha value is -2.06. The molecule has 2 atom stereocenters. The molecule has 0 radical (unpaired) electrons. The van der Waals surface area contributed by atoms with E-state index in [0.717, 1.165) is 41.4 Å². The average Bonchev–Trinajstić information content (AvgIpc) is 3.44. The first-order valence-electron chi connectivity index (χ1n) is 10.7. The first-order chi connectivity index (χ1) is 15.5.